The lowest BCUT2D eigenvalue weighted by molar-refractivity contribution is -0.119. The third-order valence-electron chi connectivity index (χ3n) is 1.69. The molecule has 0 radical (unpaired) electrons. The minimum atomic E-state index is -0.623. The van der Waals surface area contributed by atoms with Gasteiger partial charge in [-0.05, 0) is 5.56 Å². The van der Waals surface area contributed by atoms with Gasteiger partial charge in [-0.15, -0.1) is 11.6 Å². The second-order valence-electron chi connectivity index (χ2n) is 2.67. The molecule has 0 bridgehead atoms. The number of benzene rings is 1. The largest absolute Gasteiger partial charge is 0.336 e. The minimum absolute atomic E-state index is 0.134. The van der Waals surface area contributed by atoms with Gasteiger partial charge in [0.25, 0.3) is 0 Å². The third kappa shape index (κ3) is 2.75. The summed E-state index contributed by atoms with van der Waals surface area (Å²) in [5.74, 6) is -0.479. The summed E-state index contributed by atoms with van der Waals surface area (Å²) < 4.78 is 0. The van der Waals surface area contributed by atoms with Gasteiger partial charge in [0.2, 0.25) is 5.91 Å². The van der Waals surface area contributed by atoms with Gasteiger partial charge in [0.15, 0.2) is 0 Å². The lowest BCUT2D eigenvalue weighted by Crippen LogP contribution is -2.28. The van der Waals surface area contributed by atoms with E-state index < -0.39 is 6.04 Å². The van der Waals surface area contributed by atoms with Crippen LogP contribution in [0, 0.1) is 11.3 Å². The summed E-state index contributed by atoms with van der Waals surface area (Å²) in [4.78, 5) is 11.0. The Morgan fingerprint density at radius 1 is 1.50 bits per heavy atom. The minimum Gasteiger partial charge on any atom is -0.336 e. The monoisotopic (exact) mass is 208 g/mol. The van der Waals surface area contributed by atoms with Gasteiger partial charge in [0.1, 0.15) is 11.9 Å². The average molecular weight is 209 g/mol. The van der Waals surface area contributed by atoms with Gasteiger partial charge >= 0.3 is 0 Å². The van der Waals surface area contributed by atoms with Gasteiger partial charge < -0.3 is 5.32 Å². The standard InChI is InChI=1S/C10H9ClN2O/c11-6-10(14)13-9(7-12)8-4-2-1-3-5-8/h1-5,9H,6H2,(H,13,14). The van der Waals surface area contributed by atoms with Crippen molar-refractivity contribution in [2.24, 2.45) is 0 Å². The van der Waals surface area contributed by atoms with E-state index in [1.807, 2.05) is 24.3 Å². The molecule has 1 aromatic rings. The number of hydrogen-bond donors (Lipinski definition) is 1. The highest BCUT2D eigenvalue weighted by Gasteiger charge is 2.11. The second kappa shape index (κ2) is 5.25. The van der Waals surface area contributed by atoms with Gasteiger partial charge in [-0.2, -0.15) is 5.26 Å². The van der Waals surface area contributed by atoms with Gasteiger partial charge in [0, 0.05) is 0 Å². The third-order valence-corrected chi connectivity index (χ3v) is 1.93. The first-order chi connectivity index (χ1) is 6.77. The predicted octanol–water partition coefficient (Wildman–Crippen LogP) is 1.61. The molecule has 1 atom stereocenters. The molecule has 0 aliphatic carbocycles. The van der Waals surface area contributed by atoms with Crippen molar-refractivity contribution in [1.29, 1.82) is 5.26 Å². The number of rotatable bonds is 3. The smallest absolute Gasteiger partial charge is 0.236 e. The summed E-state index contributed by atoms with van der Waals surface area (Å²) in [6.07, 6.45) is 0. The van der Waals surface area contributed by atoms with Gasteiger partial charge in [-0.1, -0.05) is 30.3 Å². The van der Waals surface area contributed by atoms with Crippen LogP contribution in [0.1, 0.15) is 11.6 Å². The molecule has 1 rings (SSSR count). The van der Waals surface area contributed by atoms with Crippen molar-refractivity contribution < 1.29 is 4.79 Å². The van der Waals surface area contributed by atoms with Crippen molar-refractivity contribution in [2.45, 2.75) is 6.04 Å². The lowest BCUT2D eigenvalue weighted by Gasteiger charge is -2.09. The molecule has 0 saturated heterocycles. The molecule has 0 fully saturated rings. The van der Waals surface area contributed by atoms with Crippen LogP contribution in [0.15, 0.2) is 30.3 Å². The normalized spacial score (nSPS) is 11.4. The summed E-state index contributed by atoms with van der Waals surface area (Å²) >= 11 is 5.32. The Labute approximate surface area is 87.3 Å². The van der Waals surface area contributed by atoms with Crippen LogP contribution in [0.5, 0.6) is 0 Å². The molecule has 0 aromatic heterocycles. The average Bonchev–Trinajstić information content (AvgIpc) is 2.26. The molecule has 1 amide bonds. The van der Waals surface area contributed by atoms with Crippen molar-refractivity contribution in [3.05, 3.63) is 35.9 Å². The molecule has 0 spiro atoms. The van der Waals surface area contributed by atoms with Gasteiger partial charge in [-0.25, -0.2) is 0 Å². The van der Waals surface area contributed by atoms with Crippen molar-refractivity contribution in [3.63, 3.8) is 0 Å². The van der Waals surface area contributed by atoms with E-state index in [2.05, 4.69) is 5.32 Å². The lowest BCUT2D eigenvalue weighted by atomic mass is 10.1. The molecule has 1 N–H and O–H groups in total. The van der Waals surface area contributed by atoms with E-state index in [1.165, 1.54) is 0 Å². The SMILES string of the molecule is N#CC(NC(=O)CCl)c1ccccc1. The summed E-state index contributed by atoms with van der Waals surface area (Å²) in [6, 6.07) is 10.4. The van der Waals surface area contributed by atoms with Crippen LogP contribution in [0.3, 0.4) is 0 Å². The first-order valence-electron chi connectivity index (χ1n) is 4.08. The van der Waals surface area contributed by atoms with Crippen LogP contribution >= 0.6 is 11.6 Å². The number of nitrogens with zero attached hydrogens (tertiary/aromatic N) is 1. The zero-order valence-corrected chi connectivity index (χ0v) is 8.16. The van der Waals surface area contributed by atoms with Crippen molar-refractivity contribution in [3.8, 4) is 6.07 Å². The number of carbonyl (C=O) groups excluding carboxylic acids is 1. The molecule has 0 saturated carbocycles. The summed E-state index contributed by atoms with van der Waals surface area (Å²) in [6.45, 7) is 0. The number of halogens is 1. The van der Waals surface area contributed by atoms with Crippen LogP contribution in [0.2, 0.25) is 0 Å². The van der Waals surface area contributed by atoms with Crippen LogP contribution in [-0.4, -0.2) is 11.8 Å². The molecule has 0 aliphatic rings. The second-order valence-corrected chi connectivity index (χ2v) is 2.94. The molecule has 14 heavy (non-hydrogen) atoms. The number of nitrogens with one attached hydrogen (secondary N) is 1. The summed E-state index contributed by atoms with van der Waals surface area (Å²) in [5, 5.41) is 11.3. The van der Waals surface area contributed by atoms with Crippen LogP contribution in [-0.2, 0) is 4.79 Å². The first-order valence-corrected chi connectivity index (χ1v) is 4.61. The van der Waals surface area contributed by atoms with E-state index >= 15 is 0 Å². The number of hydrogen-bond acceptors (Lipinski definition) is 2. The molecule has 0 heterocycles. The van der Waals surface area contributed by atoms with Crippen LogP contribution in [0.25, 0.3) is 0 Å². The molecule has 0 aliphatic heterocycles. The Morgan fingerprint density at radius 2 is 2.14 bits per heavy atom. The quantitative estimate of drug-likeness (QED) is 0.768. The Kier molecular flexibility index (Phi) is 3.96. The Bertz CT molecular complexity index is 345. The first kappa shape index (κ1) is 10.6. The number of amides is 1. The van der Waals surface area contributed by atoms with Gasteiger partial charge in [0.05, 0.1) is 6.07 Å². The Balaban J connectivity index is 2.74. The van der Waals surface area contributed by atoms with Crippen molar-refractivity contribution >= 4 is 17.5 Å². The fourth-order valence-corrected chi connectivity index (χ4v) is 1.11. The maximum Gasteiger partial charge on any atom is 0.236 e. The zero-order valence-electron chi connectivity index (χ0n) is 7.40. The molecule has 1 unspecified atom stereocenters. The zero-order chi connectivity index (χ0) is 10.4. The summed E-state index contributed by atoms with van der Waals surface area (Å²) in [7, 11) is 0. The Hall–Kier alpha value is -1.53. The van der Waals surface area contributed by atoms with Crippen LogP contribution < -0.4 is 5.32 Å². The fourth-order valence-electron chi connectivity index (χ4n) is 1.04. The molecule has 72 valence electrons. The van der Waals surface area contributed by atoms with E-state index in [0.717, 1.165) is 5.56 Å². The van der Waals surface area contributed by atoms with Crippen molar-refractivity contribution in [2.75, 3.05) is 5.88 Å². The van der Waals surface area contributed by atoms with Crippen LogP contribution in [0.4, 0.5) is 0 Å². The summed E-state index contributed by atoms with van der Waals surface area (Å²) in [5.41, 5.74) is 0.758. The highest BCUT2D eigenvalue weighted by atomic mass is 35.5. The van der Waals surface area contributed by atoms with Crippen molar-refractivity contribution in [1.82, 2.24) is 5.32 Å². The predicted molar refractivity (Wildman–Crippen MR) is 53.7 cm³/mol. The molecule has 4 heteroatoms. The molecule has 1 aromatic carbocycles. The number of nitriles is 1. The maximum absolute atomic E-state index is 11.0. The number of carbonyl (C=O) groups is 1. The topological polar surface area (TPSA) is 52.9 Å². The molecular formula is C10H9ClN2O. The van der Waals surface area contributed by atoms with E-state index in [-0.39, 0.29) is 11.8 Å². The molecular weight excluding hydrogens is 200 g/mol. The van der Waals surface area contributed by atoms with E-state index in [1.54, 1.807) is 12.1 Å². The highest BCUT2D eigenvalue weighted by molar-refractivity contribution is 6.27. The van der Waals surface area contributed by atoms with E-state index in [4.69, 9.17) is 16.9 Å². The maximum atomic E-state index is 11.0. The van der Waals surface area contributed by atoms with E-state index in [0.29, 0.717) is 0 Å². The van der Waals surface area contributed by atoms with E-state index in [9.17, 15) is 4.79 Å². The fraction of sp³-hybridized carbons (Fsp3) is 0.200. The molecule has 3 nitrogen and oxygen atoms in total. The Morgan fingerprint density at radius 3 is 2.64 bits per heavy atom. The highest BCUT2D eigenvalue weighted by Crippen LogP contribution is 2.10. The number of alkyl halides is 1. The van der Waals surface area contributed by atoms with Gasteiger partial charge in [-0.3, -0.25) is 4.79 Å².